The number of anilines is 1. The summed E-state index contributed by atoms with van der Waals surface area (Å²) >= 11 is 3.49. The first-order chi connectivity index (χ1) is 15.3. The first kappa shape index (κ1) is 23.0. The SMILES string of the molecule is O=C(/C=C1\CCCOc2cc(C(F)(I)I)ccc21)Nc1ccccc1-c1ccccc1O. The number of hydrogen-bond acceptors (Lipinski definition) is 3. The molecule has 1 aliphatic rings. The zero-order chi connectivity index (χ0) is 22.7. The lowest BCUT2D eigenvalue weighted by Crippen LogP contribution is -2.10. The Morgan fingerprint density at radius 1 is 1.03 bits per heavy atom. The number of fused-ring (bicyclic) bond motifs is 1. The van der Waals surface area contributed by atoms with Crippen molar-refractivity contribution in [3.63, 3.8) is 0 Å². The van der Waals surface area contributed by atoms with Crippen molar-refractivity contribution in [2.45, 2.75) is 14.5 Å². The Morgan fingerprint density at radius 2 is 1.75 bits per heavy atom. The number of amides is 1. The van der Waals surface area contributed by atoms with E-state index >= 15 is 0 Å². The van der Waals surface area contributed by atoms with Crippen molar-refractivity contribution in [2.24, 2.45) is 0 Å². The minimum Gasteiger partial charge on any atom is -0.507 e. The Bertz CT molecular complexity index is 1190. The Morgan fingerprint density at radius 3 is 2.50 bits per heavy atom. The van der Waals surface area contributed by atoms with E-state index in [-0.39, 0.29) is 11.7 Å². The van der Waals surface area contributed by atoms with Crippen LogP contribution in [-0.2, 0) is 6.48 Å². The number of aromatic hydroxyl groups is 1. The Balaban J connectivity index is 1.64. The highest BCUT2D eigenvalue weighted by molar-refractivity contribution is 14.2. The lowest BCUT2D eigenvalue weighted by Gasteiger charge is -2.15. The van der Waals surface area contributed by atoms with Crippen molar-refractivity contribution in [2.75, 3.05) is 11.9 Å². The van der Waals surface area contributed by atoms with Gasteiger partial charge in [0.1, 0.15) is 11.5 Å². The summed E-state index contributed by atoms with van der Waals surface area (Å²) in [6.07, 6.45) is 3.01. The lowest BCUT2D eigenvalue weighted by atomic mass is 9.99. The van der Waals surface area contributed by atoms with Gasteiger partial charge in [-0.05, 0) is 81.8 Å². The van der Waals surface area contributed by atoms with E-state index in [0.29, 0.717) is 35.6 Å². The van der Waals surface area contributed by atoms with Crippen LogP contribution in [0.25, 0.3) is 16.7 Å². The number of alkyl halides is 3. The van der Waals surface area contributed by atoms with Gasteiger partial charge in [0.15, 0.2) is 0 Å². The van der Waals surface area contributed by atoms with E-state index in [0.717, 1.165) is 23.1 Å². The molecular weight excluding hydrogens is 635 g/mol. The number of nitrogens with one attached hydrogen (secondary N) is 1. The molecule has 1 amide bonds. The van der Waals surface area contributed by atoms with E-state index in [2.05, 4.69) is 5.32 Å². The monoisotopic (exact) mass is 655 g/mol. The van der Waals surface area contributed by atoms with Crippen molar-refractivity contribution >= 4 is 62.3 Å². The zero-order valence-electron chi connectivity index (χ0n) is 16.9. The topological polar surface area (TPSA) is 58.6 Å². The van der Waals surface area contributed by atoms with Crippen molar-refractivity contribution in [1.82, 2.24) is 0 Å². The van der Waals surface area contributed by atoms with E-state index in [1.807, 2.05) is 30.3 Å². The number of halogens is 3. The molecule has 0 unspecified atom stereocenters. The van der Waals surface area contributed by atoms with Crippen LogP contribution in [0.4, 0.5) is 10.1 Å². The average Bonchev–Trinajstić information content (AvgIpc) is 2.96. The summed E-state index contributed by atoms with van der Waals surface area (Å²) in [5.41, 5.74) is 4.13. The van der Waals surface area contributed by atoms with Crippen LogP contribution in [0.1, 0.15) is 24.0 Å². The summed E-state index contributed by atoms with van der Waals surface area (Å²) in [5.74, 6) is 0.458. The number of benzene rings is 3. The highest BCUT2D eigenvalue weighted by Crippen LogP contribution is 2.44. The fourth-order valence-corrected chi connectivity index (χ4v) is 4.34. The number of phenolic OH excluding ortho intramolecular Hbond substituents is 1. The number of allylic oxidation sites excluding steroid dienone is 1. The Kier molecular flexibility index (Phi) is 7.04. The molecule has 4 rings (SSSR count). The predicted molar refractivity (Wildman–Crippen MR) is 142 cm³/mol. The molecule has 0 atom stereocenters. The van der Waals surface area contributed by atoms with Crippen molar-refractivity contribution in [3.8, 4) is 22.6 Å². The van der Waals surface area contributed by atoms with Gasteiger partial charge in [-0.3, -0.25) is 4.79 Å². The van der Waals surface area contributed by atoms with Crippen molar-refractivity contribution in [3.05, 3.63) is 83.9 Å². The molecule has 0 fully saturated rings. The van der Waals surface area contributed by atoms with Gasteiger partial charge in [-0.25, -0.2) is 4.39 Å². The molecule has 164 valence electrons. The minimum absolute atomic E-state index is 0.146. The van der Waals surface area contributed by atoms with Crippen LogP contribution in [-0.4, -0.2) is 17.6 Å². The molecule has 2 N–H and O–H groups in total. The largest absolute Gasteiger partial charge is 0.507 e. The highest BCUT2D eigenvalue weighted by Gasteiger charge is 2.26. The third-order valence-corrected chi connectivity index (χ3v) is 6.43. The maximum atomic E-state index is 14.4. The van der Waals surface area contributed by atoms with Gasteiger partial charge in [-0.1, -0.05) is 48.5 Å². The van der Waals surface area contributed by atoms with Crippen LogP contribution in [0.5, 0.6) is 11.5 Å². The maximum absolute atomic E-state index is 14.4. The van der Waals surface area contributed by atoms with Crippen LogP contribution in [0.15, 0.2) is 72.8 Å². The van der Waals surface area contributed by atoms with E-state index in [1.165, 1.54) is 0 Å². The molecular formula is C25H20FI2NO3. The molecule has 1 aliphatic heterocycles. The van der Waals surface area contributed by atoms with Gasteiger partial charge in [0.05, 0.1) is 6.61 Å². The first-order valence-electron chi connectivity index (χ1n) is 10.1. The third-order valence-electron chi connectivity index (χ3n) is 5.19. The molecule has 0 bridgehead atoms. The summed E-state index contributed by atoms with van der Waals surface area (Å²) < 4.78 is 18.7. The number of rotatable bonds is 4. The molecule has 0 radical (unpaired) electrons. The number of carbonyl (C=O) groups is 1. The van der Waals surface area contributed by atoms with Crippen molar-refractivity contribution in [1.29, 1.82) is 0 Å². The molecule has 1 heterocycles. The van der Waals surface area contributed by atoms with Gasteiger partial charge in [-0.2, -0.15) is 0 Å². The molecule has 0 aromatic heterocycles. The van der Waals surface area contributed by atoms with Crippen LogP contribution in [0.2, 0.25) is 0 Å². The van der Waals surface area contributed by atoms with E-state index in [1.54, 1.807) is 87.7 Å². The standard InChI is InChI=1S/C25H20FI2NO3/c26-25(27,28)17-11-12-18-16(6-5-13-32-23(18)15-17)14-24(31)29-21-9-3-1-7-19(21)20-8-2-4-10-22(20)30/h1-4,7-12,14-15,30H,5-6,13H2,(H,29,31)/b16-14+. The fraction of sp³-hybridized carbons (Fsp3) is 0.160. The number of carbonyl (C=O) groups excluding carboxylic acids is 1. The van der Waals surface area contributed by atoms with Crippen molar-refractivity contribution < 1.29 is 19.0 Å². The van der Waals surface area contributed by atoms with Crippen LogP contribution in [0.3, 0.4) is 0 Å². The van der Waals surface area contributed by atoms with Gasteiger partial charge in [0.2, 0.25) is 7.59 Å². The fourth-order valence-electron chi connectivity index (χ4n) is 3.67. The van der Waals surface area contributed by atoms with Crippen LogP contribution >= 0.6 is 45.2 Å². The quantitative estimate of drug-likeness (QED) is 0.178. The van der Waals surface area contributed by atoms with E-state index in [9.17, 15) is 14.3 Å². The van der Waals surface area contributed by atoms with E-state index < -0.39 is 1.68 Å². The van der Waals surface area contributed by atoms with Gasteiger partial charge in [0, 0.05) is 34.0 Å². The van der Waals surface area contributed by atoms with Gasteiger partial charge in [-0.15, -0.1) is 0 Å². The molecule has 0 saturated carbocycles. The highest BCUT2D eigenvalue weighted by atomic mass is 127. The smallest absolute Gasteiger partial charge is 0.248 e. The summed E-state index contributed by atoms with van der Waals surface area (Å²) in [6.45, 7) is 0.507. The molecule has 7 heteroatoms. The normalized spacial score (nSPS) is 14.9. The molecule has 3 aromatic rings. The summed E-state index contributed by atoms with van der Waals surface area (Å²) in [7, 11) is 0. The van der Waals surface area contributed by atoms with Crippen LogP contribution in [0, 0.1) is 0 Å². The Labute approximate surface area is 213 Å². The lowest BCUT2D eigenvalue weighted by molar-refractivity contribution is -0.111. The second-order valence-electron chi connectivity index (χ2n) is 7.38. The number of phenols is 1. The maximum Gasteiger partial charge on any atom is 0.248 e. The second kappa shape index (κ2) is 9.78. The predicted octanol–water partition coefficient (Wildman–Crippen LogP) is 7.20. The summed E-state index contributed by atoms with van der Waals surface area (Å²) in [6, 6.07) is 19.6. The number of para-hydroxylation sites is 2. The number of ether oxygens (including phenoxy) is 1. The van der Waals surface area contributed by atoms with Gasteiger partial charge >= 0.3 is 0 Å². The third kappa shape index (κ3) is 5.25. The number of hydrogen-bond donors (Lipinski definition) is 2. The van der Waals surface area contributed by atoms with Crippen LogP contribution < -0.4 is 10.1 Å². The average molecular weight is 655 g/mol. The summed E-state index contributed by atoms with van der Waals surface area (Å²) in [4.78, 5) is 12.9. The van der Waals surface area contributed by atoms with Gasteiger partial charge in [0.25, 0.3) is 0 Å². The van der Waals surface area contributed by atoms with Gasteiger partial charge < -0.3 is 15.2 Å². The zero-order valence-corrected chi connectivity index (χ0v) is 21.3. The molecule has 0 saturated heterocycles. The molecule has 0 spiro atoms. The minimum atomic E-state index is -1.53. The molecule has 3 aromatic carbocycles. The molecule has 0 aliphatic carbocycles. The molecule has 4 nitrogen and oxygen atoms in total. The summed E-state index contributed by atoms with van der Waals surface area (Å²) in [5, 5.41) is 13.2. The second-order valence-corrected chi connectivity index (χ2v) is 12.4. The first-order valence-corrected chi connectivity index (χ1v) is 12.2. The Hall–Kier alpha value is -2.14. The van der Waals surface area contributed by atoms with E-state index in [4.69, 9.17) is 4.74 Å². The molecule has 32 heavy (non-hydrogen) atoms.